The van der Waals surface area contributed by atoms with Crippen LogP contribution in [0.5, 0.6) is 11.5 Å². The fraction of sp³-hybridized carbons (Fsp3) is 0.0952. The number of anilines is 4. The van der Waals surface area contributed by atoms with Crippen LogP contribution < -0.4 is 25.2 Å². The fourth-order valence-electron chi connectivity index (χ4n) is 3.19. The molecule has 3 heterocycles. The molecule has 2 aromatic carbocycles. The molecule has 11 nitrogen and oxygen atoms in total. The molecule has 0 bridgehead atoms. The van der Waals surface area contributed by atoms with Gasteiger partial charge in [-0.3, -0.25) is 0 Å². The maximum absolute atomic E-state index is 11.6. The number of sulfonamides is 1. The van der Waals surface area contributed by atoms with Crippen molar-refractivity contribution < 1.29 is 22.3 Å². The van der Waals surface area contributed by atoms with E-state index in [1.165, 1.54) is 12.1 Å². The third-order valence-corrected chi connectivity index (χ3v) is 5.59. The van der Waals surface area contributed by atoms with Crippen LogP contribution in [0.2, 0.25) is 0 Å². The second-order valence-electron chi connectivity index (χ2n) is 6.99. The Labute approximate surface area is 188 Å². The van der Waals surface area contributed by atoms with E-state index in [0.717, 1.165) is 0 Å². The maximum atomic E-state index is 11.6. The molecule has 0 unspecified atom stereocenters. The molecule has 0 spiro atoms. The number of rotatable bonds is 6. The molecule has 0 saturated carbocycles. The minimum absolute atomic E-state index is 0.0197. The van der Waals surface area contributed by atoms with Gasteiger partial charge in [-0.25, -0.2) is 18.5 Å². The predicted octanol–water partition coefficient (Wildman–Crippen LogP) is 3.04. The minimum Gasteiger partial charge on any atom is -0.486 e. The number of nitrogens with one attached hydrogen (secondary N) is 2. The van der Waals surface area contributed by atoms with Crippen molar-refractivity contribution in [1.29, 1.82) is 0 Å². The van der Waals surface area contributed by atoms with Gasteiger partial charge in [0.15, 0.2) is 11.5 Å². The second kappa shape index (κ2) is 8.41. The Hall–Kier alpha value is -4.16. The third kappa shape index (κ3) is 4.56. The van der Waals surface area contributed by atoms with Gasteiger partial charge in [-0.05, 0) is 42.5 Å². The van der Waals surface area contributed by atoms with Gasteiger partial charge in [-0.1, -0.05) is 11.2 Å². The molecule has 0 amide bonds. The molecular weight excluding hydrogens is 448 g/mol. The Morgan fingerprint density at radius 1 is 0.879 bits per heavy atom. The van der Waals surface area contributed by atoms with E-state index in [1.54, 1.807) is 42.6 Å². The number of fused-ring (bicyclic) bond motifs is 1. The molecule has 4 aromatic rings. The molecule has 1 aliphatic heterocycles. The first-order valence-corrected chi connectivity index (χ1v) is 11.4. The molecule has 0 aliphatic carbocycles. The third-order valence-electron chi connectivity index (χ3n) is 4.68. The molecule has 4 N–H and O–H groups in total. The van der Waals surface area contributed by atoms with E-state index in [2.05, 4.69) is 25.8 Å². The van der Waals surface area contributed by atoms with Crippen molar-refractivity contribution in [1.82, 2.24) is 15.2 Å². The number of hydrogen-bond acceptors (Lipinski definition) is 10. The van der Waals surface area contributed by atoms with Crippen molar-refractivity contribution in [3.63, 3.8) is 0 Å². The summed E-state index contributed by atoms with van der Waals surface area (Å²) in [6.45, 7) is 0.999. The number of primary sulfonamides is 1. The summed E-state index contributed by atoms with van der Waals surface area (Å²) in [7, 11) is -3.84. The Kier molecular flexibility index (Phi) is 5.28. The van der Waals surface area contributed by atoms with E-state index in [-0.39, 0.29) is 16.8 Å². The number of aromatic nitrogens is 3. The van der Waals surface area contributed by atoms with Crippen molar-refractivity contribution in [2.45, 2.75) is 4.90 Å². The molecule has 0 saturated heterocycles. The lowest BCUT2D eigenvalue weighted by atomic mass is 10.2. The largest absolute Gasteiger partial charge is 0.486 e. The Bertz CT molecular complexity index is 1420. The fourth-order valence-corrected chi connectivity index (χ4v) is 3.75. The first-order chi connectivity index (χ1) is 16.0. The van der Waals surface area contributed by atoms with Gasteiger partial charge in [0.25, 0.3) is 5.89 Å². The highest BCUT2D eigenvalue weighted by Gasteiger charge is 2.17. The average Bonchev–Trinajstić information content (AvgIpc) is 3.27. The van der Waals surface area contributed by atoms with Crippen molar-refractivity contribution in [3.8, 4) is 23.0 Å². The summed E-state index contributed by atoms with van der Waals surface area (Å²) in [6, 6.07) is 15.1. The smallest absolute Gasteiger partial charge is 0.320 e. The summed E-state index contributed by atoms with van der Waals surface area (Å²) in [6.07, 6.45) is 1.58. The van der Waals surface area contributed by atoms with E-state index < -0.39 is 10.0 Å². The predicted molar refractivity (Wildman–Crippen MR) is 119 cm³/mol. The van der Waals surface area contributed by atoms with Crippen LogP contribution in [0, 0.1) is 0 Å². The zero-order chi connectivity index (χ0) is 22.8. The van der Waals surface area contributed by atoms with Crippen LogP contribution in [0.25, 0.3) is 11.5 Å². The summed E-state index contributed by atoms with van der Waals surface area (Å²) >= 11 is 0. The minimum atomic E-state index is -3.84. The Morgan fingerprint density at radius 2 is 1.70 bits per heavy atom. The molecule has 12 heteroatoms. The van der Waals surface area contributed by atoms with Crippen LogP contribution in [0.1, 0.15) is 0 Å². The van der Waals surface area contributed by atoms with Crippen LogP contribution in [-0.2, 0) is 10.0 Å². The standard InChI is InChI=1S/C21H18N6O5S/c22-33(28,29)15-4-1-3-13(11-15)24-19-16(5-2-8-23-19)20-26-27-21(32-20)25-14-6-7-17-18(12-14)31-10-9-30-17/h1-8,11-12H,9-10H2,(H,23,24)(H,25,27)(H2,22,28,29). The van der Waals surface area contributed by atoms with E-state index in [1.807, 2.05) is 6.07 Å². The molecule has 0 fully saturated rings. The zero-order valence-electron chi connectivity index (χ0n) is 17.1. The highest BCUT2D eigenvalue weighted by molar-refractivity contribution is 7.89. The lowest BCUT2D eigenvalue weighted by molar-refractivity contribution is 0.171. The van der Waals surface area contributed by atoms with Crippen LogP contribution in [0.3, 0.4) is 0 Å². The highest BCUT2D eigenvalue weighted by atomic mass is 32.2. The molecule has 5 rings (SSSR count). The van der Waals surface area contributed by atoms with Gasteiger partial charge in [-0.15, -0.1) is 5.10 Å². The Balaban J connectivity index is 1.38. The molecule has 168 valence electrons. The van der Waals surface area contributed by atoms with Gasteiger partial charge >= 0.3 is 6.01 Å². The van der Waals surface area contributed by atoms with Gasteiger partial charge in [0.05, 0.1) is 10.5 Å². The number of nitrogens with zero attached hydrogens (tertiary/aromatic N) is 3. The van der Waals surface area contributed by atoms with Crippen LogP contribution in [-0.4, -0.2) is 36.8 Å². The van der Waals surface area contributed by atoms with Crippen LogP contribution >= 0.6 is 0 Å². The summed E-state index contributed by atoms with van der Waals surface area (Å²) < 4.78 is 40.2. The van der Waals surface area contributed by atoms with Crippen molar-refractivity contribution in [3.05, 3.63) is 60.8 Å². The summed E-state index contributed by atoms with van der Waals surface area (Å²) in [5, 5.41) is 19.5. The molecule has 1 aliphatic rings. The SMILES string of the molecule is NS(=O)(=O)c1cccc(Nc2ncccc2-c2nnc(Nc3ccc4c(c3)OCCO4)o2)c1. The lowest BCUT2D eigenvalue weighted by Crippen LogP contribution is -2.15. The van der Waals surface area contributed by atoms with Gasteiger partial charge < -0.3 is 24.5 Å². The van der Waals surface area contributed by atoms with E-state index >= 15 is 0 Å². The van der Waals surface area contributed by atoms with Gasteiger partial charge in [0.1, 0.15) is 19.0 Å². The number of benzene rings is 2. The summed E-state index contributed by atoms with van der Waals surface area (Å²) in [5.41, 5.74) is 1.70. The topological polar surface area (TPSA) is 154 Å². The van der Waals surface area contributed by atoms with Gasteiger partial charge in [0.2, 0.25) is 10.0 Å². The quantitative estimate of drug-likeness (QED) is 0.386. The summed E-state index contributed by atoms with van der Waals surface area (Å²) in [5.74, 6) is 1.92. The van der Waals surface area contributed by atoms with Gasteiger partial charge in [0, 0.05) is 23.6 Å². The normalized spacial score (nSPS) is 12.9. The molecule has 0 atom stereocenters. The van der Waals surface area contributed by atoms with E-state index in [9.17, 15) is 8.42 Å². The highest BCUT2D eigenvalue weighted by Crippen LogP contribution is 2.34. The van der Waals surface area contributed by atoms with Crippen molar-refractivity contribution in [2.24, 2.45) is 5.14 Å². The maximum Gasteiger partial charge on any atom is 0.320 e. The number of hydrogen-bond donors (Lipinski definition) is 3. The molecule has 33 heavy (non-hydrogen) atoms. The zero-order valence-corrected chi connectivity index (χ0v) is 17.9. The number of ether oxygens (including phenoxy) is 2. The molecule has 0 radical (unpaired) electrons. The molecular formula is C21H18N6O5S. The van der Waals surface area contributed by atoms with Gasteiger partial charge in [-0.2, -0.15) is 0 Å². The average molecular weight is 466 g/mol. The monoisotopic (exact) mass is 466 g/mol. The van der Waals surface area contributed by atoms with E-state index in [0.29, 0.717) is 47.5 Å². The number of nitrogens with two attached hydrogens (primary N) is 1. The van der Waals surface area contributed by atoms with Crippen LogP contribution in [0.15, 0.2) is 70.1 Å². The number of pyridine rings is 1. The Morgan fingerprint density at radius 3 is 2.55 bits per heavy atom. The molecule has 2 aromatic heterocycles. The first-order valence-electron chi connectivity index (χ1n) is 9.81. The second-order valence-corrected chi connectivity index (χ2v) is 8.55. The van der Waals surface area contributed by atoms with E-state index in [4.69, 9.17) is 19.0 Å². The van der Waals surface area contributed by atoms with Crippen LogP contribution in [0.4, 0.5) is 23.2 Å². The van der Waals surface area contributed by atoms with Crippen molar-refractivity contribution in [2.75, 3.05) is 23.8 Å². The first kappa shape index (κ1) is 20.7. The summed E-state index contributed by atoms with van der Waals surface area (Å²) in [4.78, 5) is 4.29. The van der Waals surface area contributed by atoms with Crippen molar-refractivity contribution >= 4 is 33.2 Å². The lowest BCUT2D eigenvalue weighted by Gasteiger charge is -2.18.